The quantitative estimate of drug-likeness (QED) is 0.607. The van der Waals surface area contributed by atoms with Gasteiger partial charge in [0.25, 0.3) is 0 Å². The van der Waals surface area contributed by atoms with E-state index in [-0.39, 0.29) is 5.82 Å². The molecular formula is C19H15FN4O. The molecule has 4 rings (SSSR count). The fourth-order valence-corrected chi connectivity index (χ4v) is 2.76. The summed E-state index contributed by atoms with van der Waals surface area (Å²) in [7, 11) is 0. The van der Waals surface area contributed by atoms with E-state index in [1.807, 2.05) is 25.1 Å². The number of hydrogen-bond donors (Lipinski definition) is 1. The summed E-state index contributed by atoms with van der Waals surface area (Å²) in [5.41, 5.74) is 3.98. The molecule has 0 atom stereocenters. The Morgan fingerprint density at radius 1 is 1.08 bits per heavy atom. The number of pyridine rings is 1. The Kier molecular flexibility index (Phi) is 3.85. The van der Waals surface area contributed by atoms with Gasteiger partial charge in [0.2, 0.25) is 5.88 Å². The average Bonchev–Trinajstić information content (AvgIpc) is 3.07. The van der Waals surface area contributed by atoms with Crippen molar-refractivity contribution in [1.82, 2.24) is 19.9 Å². The molecule has 0 saturated carbocycles. The lowest BCUT2D eigenvalue weighted by Crippen LogP contribution is -1.97. The van der Waals surface area contributed by atoms with Gasteiger partial charge in [-0.15, -0.1) is 0 Å². The zero-order valence-electron chi connectivity index (χ0n) is 13.5. The molecule has 1 aromatic carbocycles. The first-order valence-corrected chi connectivity index (χ1v) is 7.94. The van der Waals surface area contributed by atoms with E-state index < -0.39 is 0 Å². The average molecular weight is 334 g/mol. The minimum atomic E-state index is -0.267. The summed E-state index contributed by atoms with van der Waals surface area (Å²) in [6, 6.07) is 12.0. The van der Waals surface area contributed by atoms with Crippen molar-refractivity contribution in [3.63, 3.8) is 0 Å². The third kappa shape index (κ3) is 2.82. The first-order valence-electron chi connectivity index (χ1n) is 7.94. The zero-order chi connectivity index (χ0) is 17.2. The Morgan fingerprint density at radius 3 is 2.72 bits per heavy atom. The normalized spacial score (nSPS) is 11.0. The SMILES string of the molecule is CCOc1ncccc1-c1ncnc2[nH]c(-c3ccc(F)cc3)cc12. The summed E-state index contributed by atoms with van der Waals surface area (Å²) in [4.78, 5) is 16.3. The lowest BCUT2D eigenvalue weighted by Gasteiger charge is -2.08. The second-order valence-electron chi connectivity index (χ2n) is 5.46. The van der Waals surface area contributed by atoms with Gasteiger partial charge in [-0.1, -0.05) is 0 Å². The molecule has 0 spiro atoms. The minimum absolute atomic E-state index is 0.267. The van der Waals surface area contributed by atoms with Gasteiger partial charge in [0.1, 0.15) is 17.8 Å². The van der Waals surface area contributed by atoms with E-state index in [0.29, 0.717) is 18.1 Å². The molecule has 0 bridgehead atoms. The number of ether oxygens (including phenoxy) is 1. The Hall–Kier alpha value is -3.28. The number of H-pyrrole nitrogens is 1. The summed E-state index contributed by atoms with van der Waals surface area (Å²) in [5.74, 6) is 0.270. The van der Waals surface area contributed by atoms with Gasteiger partial charge in [-0.05, 0) is 55.0 Å². The van der Waals surface area contributed by atoms with E-state index >= 15 is 0 Å². The highest BCUT2D eigenvalue weighted by molar-refractivity contribution is 5.95. The summed E-state index contributed by atoms with van der Waals surface area (Å²) >= 11 is 0. The molecule has 0 aliphatic rings. The Balaban J connectivity index is 1.87. The van der Waals surface area contributed by atoms with Crippen LogP contribution in [0.25, 0.3) is 33.5 Å². The lowest BCUT2D eigenvalue weighted by atomic mass is 10.1. The van der Waals surface area contributed by atoms with Crippen LogP contribution in [0.4, 0.5) is 4.39 Å². The topological polar surface area (TPSA) is 63.7 Å². The van der Waals surface area contributed by atoms with Gasteiger partial charge in [0.05, 0.1) is 17.9 Å². The molecule has 0 radical (unpaired) electrons. The highest BCUT2D eigenvalue weighted by Crippen LogP contribution is 2.33. The summed E-state index contributed by atoms with van der Waals surface area (Å²) < 4.78 is 18.8. The molecular weight excluding hydrogens is 319 g/mol. The minimum Gasteiger partial charge on any atom is -0.477 e. The van der Waals surface area contributed by atoms with E-state index in [1.54, 1.807) is 18.3 Å². The zero-order valence-corrected chi connectivity index (χ0v) is 13.5. The number of aromatic nitrogens is 4. The van der Waals surface area contributed by atoms with Crippen molar-refractivity contribution in [2.24, 2.45) is 0 Å². The van der Waals surface area contributed by atoms with Crippen molar-refractivity contribution in [2.45, 2.75) is 6.92 Å². The maximum Gasteiger partial charge on any atom is 0.222 e. The largest absolute Gasteiger partial charge is 0.477 e. The number of hydrogen-bond acceptors (Lipinski definition) is 4. The number of halogens is 1. The molecule has 0 unspecified atom stereocenters. The molecule has 3 heterocycles. The molecule has 0 amide bonds. The second-order valence-corrected chi connectivity index (χ2v) is 5.46. The van der Waals surface area contributed by atoms with Crippen LogP contribution in [0.5, 0.6) is 5.88 Å². The van der Waals surface area contributed by atoms with E-state index in [9.17, 15) is 4.39 Å². The smallest absolute Gasteiger partial charge is 0.222 e. The summed E-state index contributed by atoms with van der Waals surface area (Å²) in [6.07, 6.45) is 3.19. The van der Waals surface area contributed by atoms with E-state index in [0.717, 1.165) is 27.9 Å². The molecule has 0 fully saturated rings. The van der Waals surface area contributed by atoms with E-state index in [2.05, 4.69) is 19.9 Å². The highest BCUT2D eigenvalue weighted by atomic mass is 19.1. The maximum atomic E-state index is 13.2. The van der Waals surface area contributed by atoms with Crippen molar-refractivity contribution in [2.75, 3.05) is 6.61 Å². The molecule has 0 saturated heterocycles. The Morgan fingerprint density at radius 2 is 1.92 bits per heavy atom. The van der Waals surface area contributed by atoms with Gasteiger partial charge in [0, 0.05) is 17.3 Å². The molecule has 3 aromatic heterocycles. The summed E-state index contributed by atoms with van der Waals surface area (Å²) in [5, 5.41) is 0.857. The fraction of sp³-hybridized carbons (Fsp3) is 0.105. The van der Waals surface area contributed by atoms with E-state index in [1.165, 1.54) is 18.5 Å². The van der Waals surface area contributed by atoms with Gasteiger partial charge in [-0.25, -0.2) is 19.3 Å². The van der Waals surface area contributed by atoms with E-state index in [4.69, 9.17) is 4.74 Å². The van der Waals surface area contributed by atoms with Crippen LogP contribution in [0.3, 0.4) is 0 Å². The van der Waals surface area contributed by atoms with Gasteiger partial charge in [-0.3, -0.25) is 0 Å². The van der Waals surface area contributed by atoms with Crippen molar-refractivity contribution >= 4 is 11.0 Å². The van der Waals surface area contributed by atoms with Gasteiger partial charge >= 0.3 is 0 Å². The number of fused-ring (bicyclic) bond motifs is 1. The predicted molar refractivity (Wildman–Crippen MR) is 93.7 cm³/mol. The lowest BCUT2D eigenvalue weighted by molar-refractivity contribution is 0.328. The highest BCUT2D eigenvalue weighted by Gasteiger charge is 2.15. The molecule has 0 aliphatic heterocycles. The third-order valence-corrected chi connectivity index (χ3v) is 3.89. The standard InChI is InChI=1S/C19H15FN4O/c1-2-25-19-14(4-3-9-21-19)17-15-10-16(24-18(15)23-11-22-17)12-5-7-13(20)8-6-12/h3-11H,2H2,1H3,(H,22,23,24). The molecule has 1 N–H and O–H groups in total. The third-order valence-electron chi connectivity index (χ3n) is 3.89. The molecule has 0 aliphatic carbocycles. The first kappa shape index (κ1) is 15.3. The number of aromatic amines is 1. The van der Waals surface area contributed by atoms with Gasteiger partial charge in [0.15, 0.2) is 0 Å². The van der Waals surface area contributed by atoms with Crippen LogP contribution >= 0.6 is 0 Å². The maximum absolute atomic E-state index is 13.2. The summed E-state index contributed by atoms with van der Waals surface area (Å²) in [6.45, 7) is 2.43. The van der Waals surface area contributed by atoms with Crippen LogP contribution in [0.2, 0.25) is 0 Å². The monoisotopic (exact) mass is 334 g/mol. The molecule has 124 valence electrons. The van der Waals surface area contributed by atoms with Gasteiger partial charge in [-0.2, -0.15) is 0 Å². The van der Waals surface area contributed by atoms with Crippen LogP contribution in [0.1, 0.15) is 6.92 Å². The number of nitrogens with zero attached hydrogens (tertiary/aromatic N) is 3. The number of benzene rings is 1. The van der Waals surface area contributed by atoms with Gasteiger partial charge < -0.3 is 9.72 Å². The van der Waals surface area contributed by atoms with Crippen LogP contribution in [-0.4, -0.2) is 26.5 Å². The van der Waals surface area contributed by atoms with Crippen molar-refractivity contribution in [3.8, 4) is 28.4 Å². The Labute approximate surface area is 143 Å². The number of nitrogens with one attached hydrogen (secondary N) is 1. The number of rotatable bonds is 4. The first-order chi connectivity index (χ1) is 12.3. The fourth-order valence-electron chi connectivity index (χ4n) is 2.76. The second kappa shape index (κ2) is 6.32. The molecule has 6 heteroatoms. The Bertz CT molecular complexity index is 1030. The van der Waals surface area contributed by atoms with Crippen molar-refractivity contribution < 1.29 is 9.13 Å². The van der Waals surface area contributed by atoms with Crippen LogP contribution in [0, 0.1) is 5.82 Å². The predicted octanol–water partition coefficient (Wildman–Crippen LogP) is 4.22. The van der Waals surface area contributed by atoms with Crippen LogP contribution < -0.4 is 4.74 Å². The van der Waals surface area contributed by atoms with Crippen molar-refractivity contribution in [1.29, 1.82) is 0 Å². The van der Waals surface area contributed by atoms with Crippen LogP contribution in [-0.2, 0) is 0 Å². The van der Waals surface area contributed by atoms with Crippen molar-refractivity contribution in [3.05, 3.63) is 60.8 Å². The molecule has 4 aromatic rings. The molecule has 5 nitrogen and oxygen atoms in total. The molecule has 25 heavy (non-hydrogen) atoms. The van der Waals surface area contributed by atoms with Crippen LogP contribution in [0.15, 0.2) is 55.0 Å².